The number of methoxy groups -OCH3 is 1. The van der Waals surface area contributed by atoms with Crippen molar-refractivity contribution in [3.05, 3.63) is 85.1 Å². The van der Waals surface area contributed by atoms with Gasteiger partial charge >= 0.3 is 0 Å². The number of halogens is 3. The fourth-order valence-corrected chi connectivity index (χ4v) is 5.57. The number of rotatable bonds is 9. The van der Waals surface area contributed by atoms with E-state index in [9.17, 15) is 4.79 Å². The van der Waals surface area contributed by atoms with E-state index in [4.69, 9.17) is 42.4 Å². The zero-order valence-corrected chi connectivity index (χ0v) is 24.9. The molecular weight excluding hydrogens is 611 g/mol. The third-order valence-corrected chi connectivity index (χ3v) is 7.83. The number of ether oxygens (including phenoxy) is 3. The maximum atomic E-state index is 13.2. The predicted molar refractivity (Wildman–Crippen MR) is 159 cm³/mol. The molecule has 0 aliphatic carbocycles. The first-order valence-corrected chi connectivity index (χ1v) is 14.2. The highest BCUT2D eigenvalue weighted by Crippen LogP contribution is 2.39. The van der Waals surface area contributed by atoms with Gasteiger partial charge in [0.1, 0.15) is 12.4 Å². The van der Waals surface area contributed by atoms with Crippen LogP contribution in [0.1, 0.15) is 25.0 Å². The minimum absolute atomic E-state index is 0.104. The van der Waals surface area contributed by atoms with Crippen molar-refractivity contribution >= 4 is 73.7 Å². The highest BCUT2D eigenvalue weighted by molar-refractivity contribution is 9.10. The van der Waals surface area contributed by atoms with E-state index >= 15 is 0 Å². The molecular formula is C28H25BrCl2N2O4S. The van der Waals surface area contributed by atoms with E-state index in [1.807, 2.05) is 62.4 Å². The van der Waals surface area contributed by atoms with Crippen LogP contribution in [0.4, 0.5) is 5.69 Å². The van der Waals surface area contributed by atoms with Crippen LogP contribution >= 0.6 is 50.9 Å². The van der Waals surface area contributed by atoms with Crippen LogP contribution in [-0.4, -0.2) is 36.2 Å². The number of hydrogen-bond donors (Lipinski definition) is 0. The van der Waals surface area contributed by atoms with Crippen molar-refractivity contribution in [3.8, 4) is 17.2 Å². The summed E-state index contributed by atoms with van der Waals surface area (Å²) in [4.78, 5) is 20.1. The fraction of sp³-hybridized carbons (Fsp3) is 0.214. The summed E-state index contributed by atoms with van der Waals surface area (Å²) in [6.07, 6.45) is 1.83. The zero-order valence-electron chi connectivity index (χ0n) is 21.0. The maximum Gasteiger partial charge on any atom is 0.266 e. The molecule has 1 fully saturated rings. The van der Waals surface area contributed by atoms with Gasteiger partial charge in [0.05, 0.1) is 24.3 Å². The average molecular weight is 636 g/mol. The molecule has 0 unspecified atom stereocenters. The molecule has 3 aromatic carbocycles. The van der Waals surface area contributed by atoms with Crippen LogP contribution in [0.3, 0.4) is 0 Å². The van der Waals surface area contributed by atoms with Crippen molar-refractivity contribution in [2.24, 2.45) is 4.99 Å². The summed E-state index contributed by atoms with van der Waals surface area (Å²) in [5.74, 6) is 1.75. The Kier molecular flexibility index (Phi) is 9.65. The van der Waals surface area contributed by atoms with E-state index in [0.717, 1.165) is 27.0 Å². The molecule has 1 aliphatic heterocycles. The van der Waals surface area contributed by atoms with Gasteiger partial charge in [-0.05, 0) is 85.8 Å². The van der Waals surface area contributed by atoms with Gasteiger partial charge in [0, 0.05) is 26.6 Å². The molecule has 0 bridgehead atoms. The van der Waals surface area contributed by atoms with Gasteiger partial charge in [-0.15, -0.1) is 0 Å². The number of thioether (sulfide) groups is 1. The lowest BCUT2D eigenvalue weighted by Gasteiger charge is -2.15. The van der Waals surface area contributed by atoms with E-state index in [0.29, 0.717) is 44.8 Å². The van der Waals surface area contributed by atoms with Gasteiger partial charge < -0.3 is 14.2 Å². The Morgan fingerprint density at radius 3 is 2.42 bits per heavy atom. The number of hydrogen-bond acceptors (Lipinski definition) is 6. The second-order valence-electron chi connectivity index (χ2n) is 8.03. The number of aliphatic imine (C=N–C) groups is 1. The zero-order chi connectivity index (χ0) is 27.2. The summed E-state index contributed by atoms with van der Waals surface area (Å²) in [7, 11) is 1.62. The summed E-state index contributed by atoms with van der Waals surface area (Å²) < 4.78 is 17.9. The standard InChI is InChI=1S/C28H25BrCl2N2O4S/c1-4-33-27(34)26(38-28(33)32-20-8-10-21(35-3)11-9-20)13-18-12-24(36-5-2)25(15-22(18)29)37-16-17-6-7-19(30)14-23(17)31/h6-15H,4-5,16H2,1-3H3/b26-13+,32-28?. The summed E-state index contributed by atoms with van der Waals surface area (Å²) in [5.41, 5.74) is 2.32. The Morgan fingerprint density at radius 2 is 1.76 bits per heavy atom. The van der Waals surface area contributed by atoms with Crippen molar-refractivity contribution in [2.45, 2.75) is 20.5 Å². The molecule has 3 aromatic rings. The average Bonchev–Trinajstić information content (AvgIpc) is 3.19. The Labute approximate surface area is 244 Å². The molecule has 10 heteroatoms. The third kappa shape index (κ3) is 6.67. The number of nitrogens with zero attached hydrogens (tertiary/aromatic N) is 2. The first-order chi connectivity index (χ1) is 18.3. The number of amides is 1. The highest BCUT2D eigenvalue weighted by Gasteiger charge is 2.32. The van der Waals surface area contributed by atoms with E-state index < -0.39 is 0 Å². The summed E-state index contributed by atoms with van der Waals surface area (Å²) in [5, 5.41) is 1.71. The smallest absolute Gasteiger partial charge is 0.266 e. The first kappa shape index (κ1) is 28.4. The van der Waals surface area contributed by atoms with Gasteiger partial charge in [-0.25, -0.2) is 4.99 Å². The Hall–Kier alpha value is -2.65. The largest absolute Gasteiger partial charge is 0.497 e. The van der Waals surface area contributed by atoms with Gasteiger partial charge in [-0.2, -0.15) is 0 Å². The minimum Gasteiger partial charge on any atom is -0.497 e. The van der Waals surface area contributed by atoms with Gasteiger partial charge in [0.15, 0.2) is 16.7 Å². The molecule has 6 nitrogen and oxygen atoms in total. The van der Waals surface area contributed by atoms with Crippen LogP contribution in [0.25, 0.3) is 6.08 Å². The van der Waals surface area contributed by atoms with Crippen molar-refractivity contribution in [3.63, 3.8) is 0 Å². The van der Waals surface area contributed by atoms with Crippen molar-refractivity contribution in [1.82, 2.24) is 4.90 Å². The second kappa shape index (κ2) is 12.9. The van der Waals surface area contributed by atoms with Crippen LogP contribution in [0.5, 0.6) is 17.2 Å². The van der Waals surface area contributed by atoms with Crippen molar-refractivity contribution < 1.29 is 19.0 Å². The molecule has 0 aromatic heterocycles. The van der Waals surface area contributed by atoms with Gasteiger partial charge in [0.25, 0.3) is 5.91 Å². The van der Waals surface area contributed by atoms with Gasteiger partial charge in [-0.3, -0.25) is 9.69 Å². The molecule has 4 rings (SSSR count). The summed E-state index contributed by atoms with van der Waals surface area (Å²) >= 11 is 17.3. The number of benzene rings is 3. The van der Waals surface area contributed by atoms with Crippen molar-refractivity contribution in [1.29, 1.82) is 0 Å². The van der Waals surface area contributed by atoms with Crippen LogP contribution in [0.15, 0.2) is 69.0 Å². The summed E-state index contributed by atoms with van der Waals surface area (Å²) in [6, 6.07) is 16.3. The molecule has 38 heavy (non-hydrogen) atoms. The minimum atomic E-state index is -0.104. The molecule has 1 amide bonds. The normalized spacial score (nSPS) is 15.4. The molecule has 1 saturated heterocycles. The van der Waals surface area contributed by atoms with Crippen LogP contribution < -0.4 is 14.2 Å². The van der Waals surface area contributed by atoms with E-state index in [1.165, 1.54) is 11.8 Å². The third-order valence-electron chi connectivity index (χ3n) is 5.55. The van der Waals surface area contributed by atoms with Gasteiger partial charge in [0.2, 0.25) is 0 Å². The molecule has 0 atom stereocenters. The molecule has 0 N–H and O–H groups in total. The fourth-order valence-electron chi connectivity index (χ4n) is 3.62. The quantitative estimate of drug-likeness (QED) is 0.221. The van der Waals surface area contributed by atoms with Crippen LogP contribution in [0, 0.1) is 0 Å². The topological polar surface area (TPSA) is 60.4 Å². The monoisotopic (exact) mass is 634 g/mol. The van der Waals surface area contributed by atoms with Crippen molar-refractivity contribution in [2.75, 3.05) is 20.3 Å². The molecule has 0 spiro atoms. The molecule has 0 radical (unpaired) electrons. The highest BCUT2D eigenvalue weighted by atomic mass is 79.9. The second-order valence-corrected chi connectivity index (χ2v) is 10.7. The molecule has 1 aliphatic rings. The van der Waals surface area contributed by atoms with E-state index in [1.54, 1.807) is 24.1 Å². The molecule has 1 heterocycles. The number of likely N-dealkylation sites (N-methyl/N-ethyl adjacent to an activating group) is 1. The van der Waals surface area contributed by atoms with Gasteiger partial charge in [-0.1, -0.05) is 45.2 Å². The molecule has 198 valence electrons. The Morgan fingerprint density at radius 1 is 1.03 bits per heavy atom. The number of carbonyl (C=O) groups excluding carboxylic acids is 1. The lowest BCUT2D eigenvalue weighted by Crippen LogP contribution is -2.28. The Balaban J connectivity index is 1.60. The van der Waals surface area contributed by atoms with E-state index in [-0.39, 0.29) is 12.5 Å². The van der Waals surface area contributed by atoms with E-state index in [2.05, 4.69) is 15.9 Å². The Bertz CT molecular complexity index is 1400. The molecule has 0 saturated carbocycles. The SMILES string of the molecule is CCOc1cc(/C=C2/SC(=Nc3ccc(OC)cc3)N(CC)C2=O)c(Br)cc1OCc1ccc(Cl)cc1Cl. The van der Waals surface area contributed by atoms with Crippen LogP contribution in [-0.2, 0) is 11.4 Å². The first-order valence-electron chi connectivity index (χ1n) is 11.8. The number of carbonyl (C=O) groups is 1. The lowest BCUT2D eigenvalue weighted by molar-refractivity contribution is -0.122. The predicted octanol–water partition coefficient (Wildman–Crippen LogP) is 8.37. The summed E-state index contributed by atoms with van der Waals surface area (Å²) in [6.45, 7) is 5.02. The number of amidine groups is 1. The van der Waals surface area contributed by atoms with Crippen LogP contribution in [0.2, 0.25) is 10.0 Å². The maximum absolute atomic E-state index is 13.2. The lowest BCUT2D eigenvalue weighted by atomic mass is 10.1.